The highest BCUT2D eigenvalue weighted by Crippen LogP contribution is 2.26. The molecule has 0 radical (unpaired) electrons. The molecule has 5 aromatic rings. The molecule has 0 saturated heterocycles. The SMILES string of the molecule is CCCCCCCCOc1ccc(-c2nc3cc(C(=O)n4n[n+]([O-])c5ccccc54)ccc3o2)cn1. The fourth-order valence-electron chi connectivity index (χ4n) is 4.09. The molecule has 0 N–H and O–H groups in total. The molecule has 9 nitrogen and oxygen atoms in total. The Labute approximate surface area is 207 Å². The highest BCUT2D eigenvalue weighted by atomic mass is 16.5. The van der Waals surface area contributed by atoms with E-state index in [2.05, 4.69) is 22.1 Å². The van der Waals surface area contributed by atoms with Gasteiger partial charge in [-0.2, -0.15) is 0 Å². The summed E-state index contributed by atoms with van der Waals surface area (Å²) in [5.74, 6) is 0.533. The molecule has 9 heteroatoms. The average molecular weight is 486 g/mol. The van der Waals surface area contributed by atoms with Gasteiger partial charge in [-0.25, -0.2) is 14.8 Å². The van der Waals surface area contributed by atoms with E-state index in [9.17, 15) is 10.0 Å². The number of carbonyl (C=O) groups excluding carboxylic acids is 1. The molecule has 0 aliphatic carbocycles. The summed E-state index contributed by atoms with van der Waals surface area (Å²) in [7, 11) is 0. The largest absolute Gasteiger partial charge is 0.691 e. The van der Waals surface area contributed by atoms with Crippen molar-refractivity contribution in [3.8, 4) is 17.3 Å². The summed E-state index contributed by atoms with van der Waals surface area (Å²) >= 11 is 0. The van der Waals surface area contributed by atoms with Crippen LogP contribution < -0.4 is 9.58 Å². The molecule has 3 heterocycles. The first-order valence-corrected chi connectivity index (χ1v) is 12.3. The van der Waals surface area contributed by atoms with Crippen LogP contribution in [0, 0.1) is 5.21 Å². The number of rotatable bonds is 10. The molecule has 0 atom stereocenters. The summed E-state index contributed by atoms with van der Waals surface area (Å²) in [5.41, 5.74) is 2.86. The third-order valence-corrected chi connectivity index (χ3v) is 6.04. The first-order chi connectivity index (χ1) is 17.6. The van der Waals surface area contributed by atoms with Crippen molar-refractivity contribution in [2.45, 2.75) is 45.4 Å². The van der Waals surface area contributed by atoms with E-state index < -0.39 is 5.91 Å². The Morgan fingerprint density at radius 3 is 2.72 bits per heavy atom. The van der Waals surface area contributed by atoms with E-state index in [0.717, 1.165) is 11.1 Å². The number of para-hydroxylation sites is 2. The van der Waals surface area contributed by atoms with Gasteiger partial charge in [0.25, 0.3) is 0 Å². The van der Waals surface area contributed by atoms with Crippen LogP contribution in [0.4, 0.5) is 0 Å². The van der Waals surface area contributed by atoms with Gasteiger partial charge in [-0.3, -0.25) is 0 Å². The summed E-state index contributed by atoms with van der Waals surface area (Å²) in [6.07, 6.45) is 8.91. The Morgan fingerprint density at radius 2 is 1.89 bits per heavy atom. The maximum atomic E-state index is 13.1. The molecule has 0 aliphatic rings. The number of unbranched alkanes of at least 4 members (excludes halogenated alkanes) is 5. The van der Waals surface area contributed by atoms with Gasteiger partial charge in [0, 0.05) is 12.3 Å². The monoisotopic (exact) mass is 485 g/mol. The fraction of sp³-hybridized carbons (Fsp3) is 0.296. The average Bonchev–Trinajstić information content (AvgIpc) is 3.49. The smallest absolute Gasteiger partial charge is 0.366 e. The number of nitrogens with zero attached hydrogens (tertiary/aromatic N) is 5. The standard InChI is InChI=1S/C27H27N5O4/c1-2-3-4-5-6-9-16-35-25-15-13-20(18-28-25)26-29-21-17-19(12-14-24(21)36-26)27(33)31-22-10-7-8-11-23(22)32(34)30-31/h7-8,10-15,17-18H,2-6,9,16H2,1H3. The van der Waals surface area contributed by atoms with Gasteiger partial charge < -0.3 is 14.4 Å². The van der Waals surface area contributed by atoms with Gasteiger partial charge in [-0.15, -0.1) is 4.85 Å². The highest BCUT2D eigenvalue weighted by molar-refractivity contribution is 6.01. The predicted molar refractivity (Wildman–Crippen MR) is 135 cm³/mol. The van der Waals surface area contributed by atoms with Crippen LogP contribution in [0.3, 0.4) is 0 Å². The highest BCUT2D eigenvalue weighted by Gasteiger charge is 2.23. The van der Waals surface area contributed by atoms with Crippen LogP contribution in [0.2, 0.25) is 0 Å². The van der Waals surface area contributed by atoms with Gasteiger partial charge in [-0.05, 0) is 42.8 Å². The lowest BCUT2D eigenvalue weighted by Crippen LogP contribution is -2.31. The Bertz CT molecular complexity index is 1490. The van der Waals surface area contributed by atoms with E-state index in [4.69, 9.17) is 9.15 Å². The molecule has 2 aromatic carbocycles. The lowest BCUT2D eigenvalue weighted by atomic mass is 10.1. The molecule has 3 aromatic heterocycles. The number of fused-ring (bicyclic) bond motifs is 2. The van der Waals surface area contributed by atoms with Gasteiger partial charge in [0.1, 0.15) is 10.7 Å². The van der Waals surface area contributed by atoms with Crippen LogP contribution in [-0.2, 0) is 0 Å². The molecule has 0 aliphatic heterocycles. The van der Waals surface area contributed by atoms with Gasteiger partial charge in [-0.1, -0.05) is 55.8 Å². The summed E-state index contributed by atoms with van der Waals surface area (Å²) in [5, 5.41) is 15.9. The minimum Gasteiger partial charge on any atom is -0.691 e. The lowest BCUT2D eigenvalue weighted by molar-refractivity contribution is -0.645. The summed E-state index contributed by atoms with van der Waals surface area (Å²) in [6.45, 7) is 2.86. The molecule has 5 rings (SSSR count). The number of pyridine rings is 1. The number of oxazole rings is 1. The number of hydrogen-bond donors (Lipinski definition) is 0. The molecule has 36 heavy (non-hydrogen) atoms. The van der Waals surface area contributed by atoms with Gasteiger partial charge >= 0.3 is 5.91 Å². The van der Waals surface area contributed by atoms with E-state index in [1.165, 1.54) is 32.1 Å². The van der Waals surface area contributed by atoms with Crippen molar-refractivity contribution in [3.63, 3.8) is 0 Å². The number of hydrogen-bond acceptors (Lipinski definition) is 7. The van der Waals surface area contributed by atoms with Crippen LogP contribution in [0.1, 0.15) is 55.8 Å². The van der Waals surface area contributed by atoms with Crippen LogP contribution in [-0.4, -0.2) is 32.4 Å². The predicted octanol–water partition coefficient (Wildman–Crippen LogP) is 5.30. The van der Waals surface area contributed by atoms with Crippen LogP contribution in [0.25, 0.3) is 33.6 Å². The molecule has 0 unspecified atom stereocenters. The maximum absolute atomic E-state index is 13.1. The number of carbonyl (C=O) groups is 1. The van der Waals surface area contributed by atoms with Crippen molar-refractivity contribution < 1.29 is 18.8 Å². The van der Waals surface area contributed by atoms with E-state index in [1.54, 1.807) is 54.7 Å². The Morgan fingerprint density at radius 1 is 1.06 bits per heavy atom. The van der Waals surface area contributed by atoms with Crippen LogP contribution in [0.15, 0.2) is 65.2 Å². The normalized spacial score (nSPS) is 11.4. The molecular formula is C27H27N5O4. The zero-order valence-electron chi connectivity index (χ0n) is 20.1. The lowest BCUT2D eigenvalue weighted by Gasteiger charge is -2.05. The number of benzene rings is 2. The fourth-order valence-corrected chi connectivity index (χ4v) is 4.09. The maximum Gasteiger partial charge on any atom is 0.366 e. The van der Waals surface area contributed by atoms with Gasteiger partial charge in [0.2, 0.25) is 22.8 Å². The number of aromatic nitrogens is 5. The summed E-state index contributed by atoms with van der Waals surface area (Å²) in [4.78, 5) is 22.4. The van der Waals surface area contributed by atoms with E-state index in [1.807, 2.05) is 6.07 Å². The van der Waals surface area contributed by atoms with Crippen molar-refractivity contribution in [1.82, 2.24) is 19.9 Å². The van der Waals surface area contributed by atoms with Crippen molar-refractivity contribution >= 4 is 28.0 Å². The molecule has 0 bridgehead atoms. The number of ether oxygens (including phenoxy) is 1. The Balaban J connectivity index is 1.27. The second-order valence-electron chi connectivity index (χ2n) is 8.67. The topological polar surface area (TPSA) is 110 Å². The van der Waals surface area contributed by atoms with Gasteiger partial charge in [0.05, 0.1) is 17.7 Å². The molecule has 0 spiro atoms. The Kier molecular flexibility index (Phi) is 6.88. The zero-order valence-corrected chi connectivity index (χ0v) is 20.1. The van der Waals surface area contributed by atoms with E-state index >= 15 is 0 Å². The summed E-state index contributed by atoms with van der Waals surface area (Å²) < 4.78 is 12.7. The Hall–Kier alpha value is -4.27. The van der Waals surface area contributed by atoms with E-state index in [-0.39, 0.29) is 0 Å². The minimum absolute atomic E-state index is 0.322. The molecule has 0 saturated carbocycles. The van der Waals surface area contributed by atoms with Crippen molar-refractivity contribution in [2.75, 3.05) is 6.61 Å². The third-order valence-electron chi connectivity index (χ3n) is 6.04. The molecule has 184 valence electrons. The first-order valence-electron chi connectivity index (χ1n) is 12.3. The molecule has 0 amide bonds. The second-order valence-corrected chi connectivity index (χ2v) is 8.67. The summed E-state index contributed by atoms with van der Waals surface area (Å²) in [6, 6.07) is 15.4. The van der Waals surface area contributed by atoms with E-state index in [0.29, 0.717) is 56.5 Å². The van der Waals surface area contributed by atoms with Crippen LogP contribution in [0.5, 0.6) is 5.88 Å². The van der Waals surface area contributed by atoms with Crippen molar-refractivity contribution in [3.05, 3.63) is 71.6 Å². The molecule has 0 fully saturated rings. The second kappa shape index (κ2) is 10.6. The van der Waals surface area contributed by atoms with Crippen LogP contribution >= 0.6 is 0 Å². The zero-order chi connectivity index (χ0) is 24.9. The third kappa shape index (κ3) is 4.91. The van der Waals surface area contributed by atoms with Gasteiger partial charge in [0.15, 0.2) is 5.58 Å². The molecular weight excluding hydrogens is 458 g/mol. The van der Waals surface area contributed by atoms with Crippen molar-refractivity contribution in [2.24, 2.45) is 0 Å². The van der Waals surface area contributed by atoms with Crippen molar-refractivity contribution in [1.29, 1.82) is 0 Å². The quantitative estimate of drug-likeness (QED) is 0.150. The first kappa shape index (κ1) is 23.5. The minimum atomic E-state index is -0.430.